The summed E-state index contributed by atoms with van der Waals surface area (Å²) in [5, 5.41) is 0. The summed E-state index contributed by atoms with van der Waals surface area (Å²) in [6, 6.07) is 20.9. The van der Waals surface area contributed by atoms with E-state index in [0.29, 0.717) is 11.8 Å². The molecule has 0 N–H and O–H groups in total. The zero-order valence-corrected chi connectivity index (χ0v) is 26.5. The second kappa shape index (κ2) is 17.1. The van der Waals surface area contributed by atoms with Crippen molar-refractivity contribution in [1.29, 1.82) is 0 Å². The Kier molecular flexibility index (Phi) is 11.3. The third-order valence-corrected chi connectivity index (χ3v) is 8.72. The van der Waals surface area contributed by atoms with Gasteiger partial charge in [-0.25, -0.2) is 0 Å². The van der Waals surface area contributed by atoms with Crippen molar-refractivity contribution < 1.29 is 31.6 Å². The molecule has 2 aromatic carbocycles. The Morgan fingerprint density at radius 1 is 0.952 bits per heavy atom. The molecular weight excluding hydrogens is 516 g/mol. The summed E-state index contributed by atoms with van der Waals surface area (Å²) in [5.74, 6) is 1.79. The molecule has 0 radical (unpaired) electrons. The molecule has 2 aromatic rings. The minimum atomic E-state index is 0. The maximum atomic E-state index is 12.5. The van der Waals surface area contributed by atoms with E-state index < -0.39 is 0 Å². The summed E-state index contributed by atoms with van der Waals surface area (Å²) < 4.78 is 50.0. The van der Waals surface area contributed by atoms with E-state index in [1.807, 2.05) is 48.2 Å². The average molecular weight is 607 g/mol. The van der Waals surface area contributed by atoms with Gasteiger partial charge in [0.05, 0.1) is 12.1 Å². The summed E-state index contributed by atoms with van der Waals surface area (Å²) in [5.41, 5.74) is 5.85. The van der Waals surface area contributed by atoms with E-state index in [0.717, 1.165) is 43.8 Å². The highest BCUT2D eigenvalue weighted by atomic mass is 16.2. The minimum absolute atomic E-state index is 0. The Hall–Kier alpha value is -3.14. The third-order valence-electron chi connectivity index (χ3n) is 8.72. The third kappa shape index (κ3) is 9.44. The largest absolute Gasteiger partial charge is 0.336 e. The molecule has 4 rings (SSSR count). The van der Waals surface area contributed by atoms with E-state index >= 15 is 0 Å². The zero-order valence-electron chi connectivity index (χ0n) is 36.5. The van der Waals surface area contributed by atoms with Gasteiger partial charge in [-0.05, 0) is 69.1 Å². The van der Waals surface area contributed by atoms with Crippen molar-refractivity contribution in [3.63, 3.8) is 0 Å². The van der Waals surface area contributed by atoms with Crippen LogP contribution in [0.2, 0.25) is 0 Å². The number of carbonyl (C=O) groups excluding carboxylic acids is 2. The van der Waals surface area contributed by atoms with E-state index in [-0.39, 0.29) is 32.6 Å². The monoisotopic (exact) mass is 607 g/mol. The lowest BCUT2D eigenvalue weighted by atomic mass is 9.92. The van der Waals surface area contributed by atoms with Gasteiger partial charge in [0, 0.05) is 47.1 Å². The summed E-state index contributed by atoms with van der Waals surface area (Å²) in [6.45, 7) is 16.7. The number of nitrogens with zero attached hydrogens (tertiary/aromatic N) is 2. The van der Waals surface area contributed by atoms with Crippen molar-refractivity contribution in [3.8, 4) is 0 Å². The molecule has 0 saturated carbocycles. The number of benzene rings is 2. The normalized spacial score (nSPS) is 20.3. The highest BCUT2D eigenvalue weighted by Gasteiger charge is 2.33. The van der Waals surface area contributed by atoms with Gasteiger partial charge in [0.15, 0.2) is 0 Å². The van der Waals surface area contributed by atoms with Gasteiger partial charge in [-0.2, -0.15) is 0 Å². The van der Waals surface area contributed by atoms with E-state index in [2.05, 4.69) is 76.8 Å². The van der Waals surface area contributed by atoms with E-state index in [1.165, 1.54) is 41.5 Å². The molecule has 0 aliphatic carbocycles. The van der Waals surface area contributed by atoms with Crippen molar-refractivity contribution in [2.45, 2.75) is 107 Å². The fraction of sp³-hybridized carbons (Fsp3) is 0.526. The molecule has 4 atom stereocenters. The van der Waals surface area contributed by atoms with E-state index in [1.54, 1.807) is 0 Å². The number of hydrogen-bond donors (Lipinski definition) is 0. The average Bonchev–Trinajstić information content (AvgIpc) is 3.69. The number of carbonyl (C=O) groups is 2. The zero-order chi connectivity index (χ0) is 39.9. The first-order chi connectivity index (χ1) is 24.7. The molecule has 0 spiro atoms. The summed E-state index contributed by atoms with van der Waals surface area (Å²) in [4.78, 5) is 28.8. The molecule has 42 heavy (non-hydrogen) atoms. The van der Waals surface area contributed by atoms with Crippen LogP contribution in [0.4, 0.5) is 0 Å². The first-order valence-electron chi connectivity index (χ1n) is 20.7. The Morgan fingerprint density at radius 2 is 1.50 bits per heavy atom. The first kappa shape index (κ1) is 27.7. The molecule has 2 heterocycles. The Balaban J connectivity index is -0.0000000871. The van der Waals surface area contributed by atoms with Crippen LogP contribution in [0, 0.1) is 11.8 Å². The van der Waals surface area contributed by atoms with Crippen LogP contribution in [-0.2, 0) is 9.59 Å². The van der Waals surface area contributed by atoms with Crippen LogP contribution in [0.3, 0.4) is 0 Å². The molecule has 1 fully saturated rings. The van der Waals surface area contributed by atoms with Crippen molar-refractivity contribution >= 4 is 11.8 Å². The van der Waals surface area contributed by atoms with Crippen LogP contribution >= 0.6 is 0 Å². The van der Waals surface area contributed by atoms with Crippen LogP contribution in [0.25, 0.3) is 0 Å². The van der Waals surface area contributed by atoms with Gasteiger partial charge >= 0.3 is 0 Å². The van der Waals surface area contributed by atoms with Crippen molar-refractivity contribution in [2.24, 2.45) is 11.8 Å². The molecular formula is C38H76N2O2. The van der Waals surface area contributed by atoms with Gasteiger partial charge in [-0.1, -0.05) is 120 Å². The highest BCUT2D eigenvalue weighted by molar-refractivity contribution is 5.97. The van der Waals surface area contributed by atoms with E-state index in [4.69, 9.17) is 14.8 Å². The smallest absolute Gasteiger partial charge is 0.250 e. The van der Waals surface area contributed by atoms with Gasteiger partial charge in [0.1, 0.15) is 0 Å². The van der Waals surface area contributed by atoms with Gasteiger partial charge in [-0.15, -0.1) is 0 Å². The minimum Gasteiger partial charge on any atom is -0.336 e. The molecule has 250 valence electrons. The number of hydrogen-bond acceptors (Lipinski definition) is 2. The molecule has 4 unspecified atom stereocenters. The second-order valence-corrected chi connectivity index (χ2v) is 12.2. The Morgan fingerprint density at radius 3 is 2.02 bits per heavy atom. The van der Waals surface area contributed by atoms with Crippen LogP contribution in [-0.4, -0.2) is 34.7 Å². The SMILES string of the molecule is C.CCCC(C)=CC1=C(C)C(=O)N(C(C)c2ccccc2)C1.CCCC(C)CC1CC(=O)N(C(C)c2ccccc2)C1.[2HH].[2HH].[2HH].[2HH].[2H][2H].[2H][2H].[2H][2H].[2H][2H].[2H][2H].[HH]. The first-order valence-corrected chi connectivity index (χ1v) is 15.7. The van der Waals surface area contributed by atoms with Crippen molar-refractivity contribution in [3.05, 3.63) is 94.6 Å². The molecule has 1 saturated heterocycles. The second-order valence-electron chi connectivity index (χ2n) is 12.2. The lowest BCUT2D eigenvalue weighted by molar-refractivity contribution is -0.129. The van der Waals surface area contributed by atoms with Crippen LogP contribution < -0.4 is 0 Å². The number of rotatable bonds is 11. The maximum Gasteiger partial charge on any atom is 0.250 e. The molecule has 2 aliphatic rings. The Bertz CT molecular complexity index is 1230. The molecule has 4 nitrogen and oxygen atoms in total. The molecule has 0 aromatic heterocycles. The molecule has 4 heteroatoms. The summed E-state index contributed by atoms with van der Waals surface area (Å²) >= 11 is 0. The fourth-order valence-corrected chi connectivity index (χ4v) is 6.30. The van der Waals surface area contributed by atoms with Crippen molar-refractivity contribution in [2.75, 3.05) is 13.1 Å². The standard InChI is InChI=1S/C19H25NO.C18H27NO.CH4.10H2/c1-5-9-14(2)12-18-13-20(19(21)15(18)3)16(4)17-10-7-6-8-11-17;1-4-8-14(2)11-16-12-18(20)19(13-16)15(3)17-9-6-5-7-10-17;;;;;;;;;;;/h6-8,10-12,16H,5,9,13H2,1-4H3;5-7,9-10,14-16H,4,8,11-13H2,1-3H3;1H4;10*1H/i;;;5*1+1D;4*1+1;. The van der Waals surface area contributed by atoms with E-state index in [9.17, 15) is 9.59 Å². The van der Waals surface area contributed by atoms with Crippen LogP contribution in [0.15, 0.2) is 83.5 Å². The summed E-state index contributed by atoms with van der Waals surface area (Å²) in [6.07, 6.45) is 8.90. The topological polar surface area (TPSA) is 40.6 Å². The number of likely N-dealkylation sites (tertiary alicyclic amines) is 1. The predicted molar refractivity (Wildman–Crippen MR) is 199 cm³/mol. The molecule has 2 amide bonds. The quantitative estimate of drug-likeness (QED) is 0.255. The van der Waals surface area contributed by atoms with Crippen molar-refractivity contribution in [1.82, 2.24) is 9.80 Å². The molecule has 0 bridgehead atoms. The maximum absolute atomic E-state index is 12.5. The summed E-state index contributed by atoms with van der Waals surface area (Å²) in [7, 11) is 0. The molecule has 2 aliphatic heterocycles. The van der Waals surface area contributed by atoms with Gasteiger partial charge in [0.25, 0.3) is 5.91 Å². The number of amides is 2. The predicted octanol–water partition coefficient (Wildman–Crippen LogP) is 12.2. The highest BCUT2D eigenvalue weighted by Crippen LogP contribution is 2.32. The van der Waals surface area contributed by atoms with Gasteiger partial charge in [0.2, 0.25) is 5.91 Å². The van der Waals surface area contributed by atoms with Gasteiger partial charge < -0.3 is 9.80 Å². The number of allylic oxidation sites excluding steroid dienone is 1. The van der Waals surface area contributed by atoms with Crippen LogP contribution in [0.1, 0.15) is 140 Å². The lowest BCUT2D eigenvalue weighted by Crippen LogP contribution is -2.30. The Labute approximate surface area is 279 Å². The van der Waals surface area contributed by atoms with Gasteiger partial charge in [-0.3, -0.25) is 9.59 Å². The fourth-order valence-electron chi connectivity index (χ4n) is 6.30. The van der Waals surface area contributed by atoms with Crippen LogP contribution in [0.5, 0.6) is 0 Å². The lowest BCUT2D eigenvalue weighted by Gasteiger charge is -2.25.